The van der Waals surface area contributed by atoms with Crippen molar-refractivity contribution in [3.05, 3.63) is 78.2 Å². The molecule has 3 heterocycles. The van der Waals surface area contributed by atoms with E-state index in [0.29, 0.717) is 28.1 Å². The fourth-order valence-electron chi connectivity index (χ4n) is 2.93. The molecule has 0 bridgehead atoms. The van der Waals surface area contributed by atoms with Crippen LogP contribution in [-0.2, 0) is 0 Å². The van der Waals surface area contributed by atoms with Crippen molar-refractivity contribution >= 4 is 34.5 Å². The van der Waals surface area contributed by atoms with E-state index in [1.54, 1.807) is 24.4 Å². The number of amides is 3. The molecule has 30 heavy (non-hydrogen) atoms. The van der Waals surface area contributed by atoms with Gasteiger partial charge >= 0.3 is 6.03 Å². The van der Waals surface area contributed by atoms with E-state index >= 15 is 0 Å². The molecule has 4 aromatic rings. The number of nitrogens with one attached hydrogen (secondary N) is 4. The number of hydrogen-bond donors (Lipinski definition) is 4. The van der Waals surface area contributed by atoms with Gasteiger partial charge in [-0.2, -0.15) is 5.10 Å². The van der Waals surface area contributed by atoms with Crippen molar-refractivity contribution in [2.24, 2.45) is 0 Å². The van der Waals surface area contributed by atoms with Crippen LogP contribution in [0.5, 0.6) is 0 Å². The zero-order chi connectivity index (χ0) is 20.9. The highest BCUT2D eigenvalue weighted by atomic mass is 16.2. The molecule has 3 amide bonds. The Bertz CT molecular complexity index is 1180. The van der Waals surface area contributed by atoms with Gasteiger partial charge in [0.25, 0.3) is 5.91 Å². The molecule has 0 radical (unpaired) electrons. The minimum Gasteiger partial charge on any atom is -0.331 e. The number of anilines is 2. The van der Waals surface area contributed by atoms with Crippen molar-refractivity contribution < 1.29 is 9.59 Å². The number of fused-ring (bicyclic) bond motifs is 1. The highest BCUT2D eigenvalue weighted by Gasteiger charge is 2.14. The Hall–Kier alpha value is -4.27. The predicted molar refractivity (Wildman–Crippen MR) is 113 cm³/mol. The van der Waals surface area contributed by atoms with Crippen molar-refractivity contribution in [2.75, 3.05) is 10.6 Å². The Morgan fingerprint density at radius 2 is 1.87 bits per heavy atom. The Kier molecular flexibility index (Phi) is 5.33. The maximum atomic E-state index is 12.3. The number of carbonyl (C=O) groups is 2. The second-order valence-corrected chi connectivity index (χ2v) is 6.61. The van der Waals surface area contributed by atoms with Crippen LogP contribution in [-0.4, -0.2) is 32.1 Å². The summed E-state index contributed by atoms with van der Waals surface area (Å²) in [5, 5.41) is 15.9. The van der Waals surface area contributed by atoms with Crippen LogP contribution in [0.4, 0.5) is 16.4 Å². The van der Waals surface area contributed by atoms with Crippen LogP contribution in [0.1, 0.15) is 28.9 Å². The van der Waals surface area contributed by atoms with Crippen LogP contribution in [0, 0.1) is 0 Å². The molecule has 0 aliphatic carbocycles. The van der Waals surface area contributed by atoms with E-state index in [2.05, 4.69) is 36.1 Å². The molecule has 3 aromatic heterocycles. The third-order valence-electron chi connectivity index (χ3n) is 4.49. The summed E-state index contributed by atoms with van der Waals surface area (Å²) < 4.78 is 0. The third-order valence-corrected chi connectivity index (χ3v) is 4.49. The van der Waals surface area contributed by atoms with Crippen LogP contribution >= 0.6 is 0 Å². The van der Waals surface area contributed by atoms with Gasteiger partial charge in [0.15, 0.2) is 5.82 Å². The molecule has 0 unspecified atom stereocenters. The van der Waals surface area contributed by atoms with E-state index in [0.717, 1.165) is 5.56 Å². The molecule has 0 spiro atoms. The van der Waals surface area contributed by atoms with Crippen molar-refractivity contribution in [2.45, 2.75) is 13.0 Å². The van der Waals surface area contributed by atoms with Crippen LogP contribution in [0.2, 0.25) is 0 Å². The molecule has 150 valence electrons. The number of benzene rings is 1. The van der Waals surface area contributed by atoms with Crippen LogP contribution < -0.4 is 16.0 Å². The zero-order valence-electron chi connectivity index (χ0n) is 16.1. The maximum Gasteiger partial charge on any atom is 0.320 e. The molecule has 0 fully saturated rings. The van der Waals surface area contributed by atoms with Gasteiger partial charge < -0.3 is 10.6 Å². The summed E-state index contributed by atoms with van der Waals surface area (Å²) in [5.41, 5.74) is 2.04. The van der Waals surface area contributed by atoms with Gasteiger partial charge in [0.2, 0.25) is 0 Å². The quantitative estimate of drug-likeness (QED) is 0.407. The minimum absolute atomic E-state index is 0.156. The molecule has 0 saturated heterocycles. The largest absolute Gasteiger partial charge is 0.331 e. The second kappa shape index (κ2) is 8.39. The summed E-state index contributed by atoms with van der Waals surface area (Å²) in [7, 11) is 0. The number of carbonyl (C=O) groups excluding carboxylic acids is 2. The Morgan fingerprint density at radius 3 is 2.63 bits per heavy atom. The smallest absolute Gasteiger partial charge is 0.320 e. The normalized spacial score (nSPS) is 11.6. The highest BCUT2D eigenvalue weighted by Crippen LogP contribution is 2.22. The summed E-state index contributed by atoms with van der Waals surface area (Å²) in [6.07, 6.45) is 4.60. The molecule has 0 aliphatic rings. The van der Waals surface area contributed by atoms with Gasteiger partial charge in [-0.05, 0) is 24.6 Å². The third kappa shape index (κ3) is 4.25. The number of pyridine rings is 2. The van der Waals surface area contributed by atoms with Crippen molar-refractivity contribution in [1.29, 1.82) is 0 Å². The number of urea groups is 1. The number of aromatic nitrogens is 4. The molecule has 9 heteroatoms. The summed E-state index contributed by atoms with van der Waals surface area (Å²) in [6.45, 7) is 1.90. The van der Waals surface area contributed by atoms with E-state index in [9.17, 15) is 9.59 Å². The lowest BCUT2D eigenvalue weighted by Gasteiger charge is -2.14. The Labute approximate surface area is 171 Å². The van der Waals surface area contributed by atoms with Crippen molar-refractivity contribution in [3.63, 3.8) is 0 Å². The first-order valence-electron chi connectivity index (χ1n) is 9.28. The van der Waals surface area contributed by atoms with Gasteiger partial charge in [0.05, 0.1) is 22.5 Å². The first-order chi connectivity index (χ1) is 14.6. The standard InChI is InChI=1S/C21H19N7O2/c1-13(14-6-3-2-4-7-14)24-21(30)25-18-10-17-16(12-23-18)19(28-27-17)26-20(29)15-8-5-9-22-11-15/h2-13H,1H3,(H2,23,24,25,30)(H2,26,27,28,29)/t13-/m1/s1. The lowest BCUT2D eigenvalue weighted by Crippen LogP contribution is -2.31. The number of hydrogen-bond acceptors (Lipinski definition) is 5. The van der Waals surface area contributed by atoms with E-state index in [-0.39, 0.29) is 18.0 Å². The molecule has 1 atom stereocenters. The molecule has 1 aromatic carbocycles. The number of H-pyrrole nitrogens is 1. The first-order valence-corrected chi connectivity index (χ1v) is 9.28. The molecule has 9 nitrogen and oxygen atoms in total. The molecular weight excluding hydrogens is 382 g/mol. The summed E-state index contributed by atoms with van der Waals surface area (Å²) in [4.78, 5) is 32.8. The van der Waals surface area contributed by atoms with Crippen molar-refractivity contribution in [3.8, 4) is 0 Å². The van der Waals surface area contributed by atoms with Gasteiger partial charge in [-0.15, -0.1) is 0 Å². The summed E-state index contributed by atoms with van der Waals surface area (Å²) in [6, 6.07) is 14.1. The number of aromatic amines is 1. The van der Waals surface area contributed by atoms with Crippen LogP contribution in [0.15, 0.2) is 67.1 Å². The fraction of sp³-hybridized carbons (Fsp3) is 0.0952. The van der Waals surface area contributed by atoms with E-state index in [1.165, 1.54) is 12.4 Å². The van der Waals surface area contributed by atoms with E-state index in [4.69, 9.17) is 0 Å². The maximum absolute atomic E-state index is 12.3. The molecular formula is C21H19N7O2. The van der Waals surface area contributed by atoms with E-state index in [1.807, 2.05) is 37.3 Å². The molecule has 4 rings (SSSR count). The average Bonchev–Trinajstić information content (AvgIpc) is 3.16. The first kappa shape index (κ1) is 19.1. The summed E-state index contributed by atoms with van der Waals surface area (Å²) in [5.74, 6) is 0.377. The van der Waals surface area contributed by atoms with Gasteiger partial charge in [-0.25, -0.2) is 9.78 Å². The molecule has 0 saturated carbocycles. The topological polar surface area (TPSA) is 125 Å². The van der Waals surface area contributed by atoms with Crippen LogP contribution in [0.3, 0.4) is 0 Å². The van der Waals surface area contributed by atoms with Gasteiger partial charge in [0, 0.05) is 24.7 Å². The number of rotatable bonds is 5. The van der Waals surface area contributed by atoms with Gasteiger partial charge in [-0.3, -0.25) is 20.2 Å². The number of nitrogens with zero attached hydrogens (tertiary/aromatic N) is 3. The lowest BCUT2D eigenvalue weighted by molar-refractivity contribution is 0.102. The fourth-order valence-corrected chi connectivity index (χ4v) is 2.93. The average molecular weight is 401 g/mol. The SMILES string of the molecule is C[C@@H](NC(=O)Nc1cc2[nH]nc(NC(=O)c3cccnc3)c2cn1)c1ccccc1. The Morgan fingerprint density at radius 1 is 1.03 bits per heavy atom. The predicted octanol–water partition coefficient (Wildman–Crippen LogP) is 3.49. The summed E-state index contributed by atoms with van der Waals surface area (Å²) >= 11 is 0. The lowest BCUT2D eigenvalue weighted by atomic mass is 10.1. The molecule has 0 aliphatic heterocycles. The zero-order valence-corrected chi connectivity index (χ0v) is 16.1. The monoisotopic (exact) mass is 401 g/mol. The van der Waals surface area contributed by atoms with Gasteiger partial charge in [0.1, 0.15) is 5.82 Å². The van der Waals surface area contributed by atoms with Crippen molar-refractivity contribution in [1.82, 2.24) is 25.5 Å². The molecule has 4 N–H and O–H groups in total. The minimum atomic E-state index is -0.372. The van der Waals surface area contributed by atoms with Gasteiger partial charge in [-0.1, -0.05) is 30.3 Å². The second-order valence-electron chi connectivity index (χ2n) is 6.61. The highest BCUT2D eigenvalue weighted by molar-refractivity contribution is 6.07. The Balaban J connectivity index is 1.43. The van der Waals surface area contributed by atoms with E-state index < -0.39 is 0 Å². The van der Waals surface area contributed by atoms with Crippen LogP contribution in [0.25, 0.3) is 10.9 Å².